The molecule has 0 saturated heterocycles. The molecule has 4 nitrogen and oxygen atoms in total. The van der Waals surface area contributed by atoms with Crippen molar-refractivity contribution in [3.8, 4) is 0 Å². The second-order valence-corrected chi connectivity index (χ2v) is 5.80. The van der Waals surface area contributed by atoms with Crippen LogP contribution in [0.4, 0.5) is 0 Å². The first kappa shape index (κ1) is 15.0. The van der Waals surface area contributed by atoms with E-state index < -0.39 is 0 Å². The number of para-hydroxylation sites is 1. The highest BCUT2D eigenvalue weighted by molar-refractivity contribution is 5.80. The average molecular weight is 299 g/mol. The van der Waals surface area contributed by atoms with Crippen LogP contribution in [0.25, 0.3) is 10.9 Å². The zero-order chi connectivity index (χ0) is 15.4. The van der Waals surface area contributed by atoms with Crippen molar-refractivity contribution in [1.29, 1.82) is 0 Å². The number of benzene rings is 1. The lowest BCUT2D eigenvalue weighted by atomic mass is 9.94. The van der Waals surface area contributed by atoms with Crippen LogP contribution in [0.15, 0.2) is 36.5 Å². The molecule has 2 aromatic rings. The fourth-order valence-electron chi connectivity index (χ4n) is 3.06. The Morgan fingerprint density at radius 2 is 2.00 bits per heavy atom. The number of nitrogens with zero attached hydrogens (tertiary/aromatic N) is 1. The summed E-state index contributed by atoms with van der Waals surface area (Å²) in [7, 11) is 1.68. The Hall–Kier alpha value is -1.94. The van der Waals surface area contributed by atoms with Crippen molar-refractivity contribution < 1.29 is 14.3 Å². The molecule has 0 N–H and O–H groups in total. The van der Waals surface area contributed by atoms with Gasteiger partial charge in [0.15, 0.2) is 0 Å². The summed E-state index contributed by atoms with van der Waals surface area (Å²) in [5.74, 6) is -0.203. The molecular weight excluding hydrogens is 278 g/mol. The third-order valence-electron chi connectivity index (χ3n) is 4.22. The number of hydrogen-bond donors (Lipinski definition) is 0. The van der Waals surface area contributed by atoms with Gasteiger partial charge in [-0.2, -0.15) is 0 Å². The highest BCUT2D eigenvalue weighted by atomic mass is 16.6. The smallest absolute Gasteiger partial charge is 0.310 e. The van der Waals surface area contributed by atoms with Crippen LogP contribution in [-0.2, 0) is 20.7 Å². The summed E-state index contributed by atoms with van der Waals surface area (Å²) in [4.78, 5) is 16.6. The predicted molar refractivity (Wildman–Crippen MR) is 84.6 cm³/mol. The van der Waals surface area contributed by atoms with Gasteiger partial charge in [-0.25, -0.2) is 0 Å². The Balaban J connectivity index is 1.65. The van der Waals surface area contributed by atoms with Gasteiger partial charge >= 0.3 is 5.97 Å². The zero-order valence-electron chi connectivity index (χ0n) is 12.8. The second-order valence-electron chi connectivity index (χ2n) is 5.80. The number of fused-ring (bicyclic) bond motifs is 1. The van der Waals surface area contributed by atoms with E-state index in [-0.39, 0.29) is 24.6 Å². The van der Waals surface area contributed by atoms with Crippen LogP contribution in [-0.4, -0.2) is 30.3 Å². The average Bonchev–Trinajstić information content (AvgIpc) is 2.55. The molecule has 0 bridgehead atoms. The second kappa shape index (κ2) is 6.88. The van der Waals surface area contributed by atoms with Crippen molar-refractivity contribution in [2.24, 2.45) is 0 Å². The molecule has 0 amide bonds. The summed E-state index contributed by atoms with van der Waals surface area (Å²) in [5, 5.41) is 1.04. The minimum atomic E-state index is -0.203. The molecule has 1 aliphatic carbocycles. The van der Waals surface area contributed by atoms with Crippen molar-refractivity contribution in [2.45, 2.75) is 44.3 Å². The van der Waals surface area contributed by atoms with Gasteiger partial charge in [0.25, 0.3) is 0 Å². The van der Waals surface area contributed by atoms with E-state index in [0.717, 1.165) is 42.1 Å². The molecule has 0 radical (unpaired) electrons. The summed E-state index contributed by atoms with van der Waals surface area (Å²) in [6, 6.07) is 9.88. The van der Waals surface area contributed by atoms with Crippen molar-refractivity contribution in [3.05, 3.63) is 42.1 Å². The first-order valence-corrected chi connectivity index (χ1v) is 7.82. The number of carbonyl (C=O) groups excluding carboxylic acids is 1. The van der Waals surface area contributed by atoms with Gasteiger partial charge in [0.1, 0.15) is 6.10 Å². The van der Waals surface area contributed by atoms with Gasteiger partial charge in [-0.3, -0.25) is 9.78 Å². The van der Waals surface area contributed by atoms with E-state index in [1.807, 2.05) is 30.3 Å². The number of methoxy groups -OCH3 is 1. The summed E-state index contributed by atoms with van der Waals surface area (Å²) in [6.07, 6.45) is 6.01. The largest absolute Gasteiger partial charge is 0.459 e. The van der Waals surface area contributed by atoms with Crippen molar-refractivity contribution in [2.75, 3.05) is 7.11 Å². The topological polar surface area (TPSA) is 48.4 Å². The molecule has 0 unspecified atom stereocenters. The van der Waals surface area contributed by atoms with E-state index >= 15 is 0 Å². The molecule has 1 heterocycles. The minimum Gasteiger partial charge on any atom is -0.459 e. The van der Waals surface area contributed by atoms with Gasteiger partial charge in [0.05, 0.1) is 18.0 Å². The highest BCUT2D eigenvalue weighted by Crippen LogP contribution is 2.24. The summed E-state index contributed by atoms with van der Waals surface area (Å²) >= 11 is 0. The number of pyridine rings is 1. The number of ether oxygens (including phenoxy) is 2. The standard InChI is InChI=1S/C18H21NO3/c1-21-16-8-4-5-9-17(16)22-18(20)11-13-10-14-6-2-3-7-15(14)19-12-13/h2-3,6-7,10,12,16-17H,4-5,8-9,11H2,1H3/t16-,17-/m1/s1. The van der Waals surface area contributed by atoms with Crippen LogP contribution in [0.5, 0.6) is 0 Å². The van der Waals surface area contributed by atoms with Gasteiger partial charge < -0.3 is 9.47 Å². The van der Waals surface area contributed by atoms with Crippen LogP contribution in [0.1, 0.15) is 31.2 Å². The Labute approximate surface area is 130 Å². The number of esters is 1. The SMILES string of the molecule is CO[C@@H]1CCCC[C@H]1OC(=O)Cc1cnc2ccccc2c1. The molecule has 0 spiro atoms. The predicted octanol–water partition coefficient (Wildman–Crippen LogP) is 3.28. The summed E-state index contributed by atoms with van der Waals surface area (Å²) in [5.41, 5.74) is 1.82. The lowest BCUT2D eigenvalue weighted by Crippen LogP contribution is -2.36. The maximum absolute atomic E-state index is 12.2. The van der Waals surface area contributed by atoms with Crippen molar-refractivity contribution >= 4 is 16.9 Å². The Bertz CT molecular complexity index is 656. The Kier molecular flexibility index (Phi) is 4.68. The quantitative estimate of drug-likeness (QED) is 0.813. The van der Waals surface area contributed by atoms with Crippen LogP contribution in [0.2, 0.25) is 0 Å². The van der Waals surface area contributed by atoms with Crippen LogP contribution < -0.4 is 0 Å². The molecule has 1 fully saturated rings. The van der Waals surface area contributed by atoms with E-state index in [4.69, 9.17) is 9.47 Å². The normalized spacial score (nSPS) is 21.7. The third kappa shape index (κ3) is 3.45. The lowest BCUT2D eigenvalue weighted by molar-refractivity contribution is -0.158. The Morgan fingerprint density at radius 3 is 2.82 bits per heavy atom. The van der Waals surface area contributed by atoms with E-state index in [9.17, 15) is 4.79 Å². The number of aromatic nitrogens is 1. The maximum Gasteiger partial charge on any atom is 0.310 e. The first-order chi connectivity index (χ1) is 10.8. The molecule has 1 aliphatic rings. The molecule has 22 heavy (non-hydrogen) atoms. The molecular formula is C18H21NO3. The molecule has 1 aromatic carbocycles. The highest BCUT2D eigenvalue weighted by Gasteiger charge is 2.28. The van der Waals surface area contributed by atoms with E-state index in [0.29, 0.717) is 0 Å². The molecule has 1 saturated carbocycles. The summed E-state index contributed by atoms with van der Waals surface area (Å²) in [6.45, 7) is 0. The lowest BCUT2D eigenvalue weighted by Gasteiger charge is -2.29. The molecule has 4 heteroatoms. The van der Waals surface area contributed by atoms with Gasteiger partial charge in [-0.15, -0.1) is 0 Å². The van der Waals surface area contributed by atoms with E-state index in [2.05, 4.69) is 4.98 Å². The number of hydrogen-bond acceptors (Lipinski definition) is 4. The van der Waals surface area contributed by atoms with E-state index in [1.165, 1.54) is 0 Å². The zero-order valence-corrected chi connectivity index (χ0v) is 12.8. The monoisotopic (exact) mass is 299 g/mol. The fraction of sp³-hybridized carbons (Fsp3) is 0.444. The fourth-order valence-corrected chi connectivity index (χ4v) is 3.06. The van der Waals surface area contributed by atoms with Crippen molar-refractivity contribution in [1.82, 2.24) is 4.98 Å². The van der Waals surface area contributed by atoms with Gasteiger partial charge in [0, 0.05) is 18.7 Å². The molecule has 3 rings (SSSR count). The third-order valence-corrected chi connectivity index (χ3v) is 4.22. The molecule has 2 atom stereocenters. The van der Waals surface area contributed by atoms with Crippen LogP contribution in [0.3, 0.4) is 0 Å². The minimum absolute atomic E-state index is 0.0347. The van der Waals surface area contributed by atoms with Crippen LogP contribution >= 0.6 is 0 Å². The van der Waals surface area contributed by atoms with E-state index in [1.54, 1.807) is 13.3 Å². The maximum atomic E-state index is 12.2. The van der Waals surface area contributed by atoms with Gasteiger partial charge in [0.2, 0.25) is 0 Å². The molecule has 0 aliphatic heterocycles. The number of rotatable bonds is 4. The van der Waals surface area contributed by atoms with Gasteiger partial charge in [-0.05, 0) is 37.0 Å². The van der Waals surface area contributed by atoms with Crippen molar-refractivity contribution in [3.63, 3.8) is 0 Å². The molecule has 1 aromatic heterocycles. The summed E-state index contributed by atoms with van der Waals surface area (Å²) < 4.78 is 11.0. The van der Waals surface area contributed by atoms with Crippen LogP contribution in [0, 0.1) is 0 Å². The first-order valence-electron chi connectivity index (χ1n) is 7.82. The Morgan fingerprint density at radius 1 is 1.23 bits per heavy atom. The molecule has 116 valence electrons. The van der Waals surface area contributed by atoms with Gasteiger partial charge in [-0.1, -0.05) is 24.6 Å². The number of carbonyl (C=O) groups is 1.